The summed E-state index contributed by atoms with van der Waals surface area (Å²) in [5, 5.41) is 2.47. The van der Waals surface area contributed by atoms with Crippen LogP contribution in [0.25, 0.3) is 11.1 Å². The minimum atomic E-state index is -3.31. The molecule has 0 aliphatic carbocycles. The van der Waals surface area contributed by atoms with Gasteiger partial charge >= 0.3 is 0 Å². The van der Waals surface area contributed by atoms with E-state index in [4.69, 9.17) is 0 Å². The number of amides is 1. The van der Waals surface area contributed by atoms with Gasteiger partial charge in [-0.1, -0.05) is 49.4 Å². The fourth-order valence-electron chi connectivity index (χ4n) is 2.90. The first-order valence-electron chi connectivity index (χ1n) is 8.96. The van der Waals surface area contributed by atoms with Gasteiger partial charge in [-0.2, -0.15) is 0 Å². The summed E-state index contributed by atoms with van der Waals surface area (Å²) >= 11 is 0. The number of carbonyl (C=O) groups excluding carboxylic acids is 1. The third kappa shape index (κ3) is 4.86. The van der Waals surface area contributed by atoms with Crippen molar-refractivity contribution in [2.24, 2.45) is 0 Å². The minimum Gasteiger partial charge on any atom is -0.326 e. The molecule has 4 nitrogen and oxygen atoms in total. The number of sulfone groups is 1. The molecule has 0 saturated heterocycles. The summed E-state index contributed by atoms with van der Waals surface area (Å²) in [5.41, 5.74) is 0.841. The highest BCUT2D eigenvalue weighted by atomic mass is 32.2. The van der Waals surface area contributed by atoms with E-state index in [9.17, 15) is 22.0 Å². The first kappa shape index (κ1) is 20.7. The van der Waals surface area contributed by atoms with Crippen LogP contribution in [-0.4, -0.2) is 20.1 Å². The van der Waals surface area contributed by atoms with E-state index in [0.717, 1.165) is 12.1 Å². The Bertz CT molecular complexity index is 1110. The van der Waals surface area contributed by atoms with E-state index in [1.54, 1.807) is 49.4 Å². The number of halogens is 2. The van der Waals surface area contributed by atoms with E-state index in [0.29, 0.717) is 11.1 Å². The highest BCUT2D eigenvalue weighted by Crippen LogP contribution is 2.28. The van der Waals surface area contributed by atoms with Crippen LogP contribution in [0.1, 0.15) is 12.5 Å². The summed E-state index contributed by atoms with van der Waals surface area (Å²) in [6.45, 7) is 1.55. The molecule has 7 heteroatoms. The summed E-state index contributed by atoms with van der Waals surface area (Å²) in [5.74, 6) is -2.04. The summed E-state index contributed by atoms with van der Waals surface area (Å²) in [6, 6.07) is 16.4. The fraction of sp³-hybridized carbons (Fsp3) is 0.136. The van der Waals surface area contributed by atoms with Crippen molar-refractivity contribution in [3.05, 3.63) is 83.9 Å². The second-order valence-corrected chi connectivity index (χ2v) is 8.73. The second kappa shape index (κ2) is 8.53. The molecule has 1 N–H and O–H groups in total. The predicted octanol–water partition coefficient (Wildman–Crippen LogP) is 4.61. The van der Waals surface area contributed by atoms with Gasteiger partial charge in [0, 0.05) is 5.69 Å². The molecule has 0 saturated carbocycles. The van der Waals surface area contributed by atoms with Crippen LogP contribution in [0.4, 0.5) is 14.5 Å². The van der Waals surface area contributed by atoms with Crippen LogP contribution < -0.4 is 5.32 Å². The van der Waals surface area contributed by atoms with Crippen LogP contribution in [0, 0.1) is 11.6 Å². The van der Waals surface area contributed by atoms with Gasteiger partial charge in [-0.15, -0.1) is 0 Å². The van der Waals surface area contributed by atoms with Gasteiger partial charge in [0.15, 0.2) is 9.84 Å². The van der Waals surface area contributed by atoms with Gasteiger partial charge in [0.1, 0.15) is 11.6 Å². The molecule has 0 unspecified atom stereocenters. The van der Waals surface area contributed by atoms with Gasteiger partial charge in [-0.3, -0.25) is 4.79 Å². The van der Waals surface area contributed by atoms with Crippen molar-refractivity contribution in [2.45, 2.75) is 18.2 Å². The zero-order chi connectivity index (χ0) is 21.0. The molecule has 150 valence electrons. The molecule has 0 aliphatic heterocycles. The highest BCUT2D eigenvalue weighted by molar-refractivity contribution is 7.91. The molecule has 0 aliphatic rings. The van der Waals surface area contributed by atoms with Crippen LogP contribution in [0.2, 0.25) is 0 Å². The fourth-order valence-corrected chi connectivity index (χ4v) is 3.78. The van der Waals surface area contributed by atoms with E-state index < -0.39 is 27.4 Å². The molecule has 0 bridgehead atoms. The lowest BCUT2D eigenvalue weighted by Gasteiger charge is -2.10. The third-order valence-corrected chi connectivity index (χ3v) is 6.17. The molecular formula is C22H19F2NO3S. The number of anilines is 1. The Balaban J connectivity index is 1.73. The Kier molecular flexibility index (Phi) is 6.08. The predicted molar refractivity (Wildman–Crippen MR) is 108 cm³/mol. The number of carbonyl (C=O) groups is 1. The first-order valence-corrected chi connectivity index (χ1v) is 10.6. The monoisotopic (exact) mass is 415 g/mol. The zero-order valence-electron chi connectivity index (χ0n) is 15.7. The molecule has 0 atom stereocenters. The first-order chi connectivity index (χ1) is 13.8. The smallest absolute Gasteiger partial charge is 0.228 e. The zero-order valence-corrected chi connectivity index (χ0v) is 16.5. The molecule has 0 radical (unpaired) electrons. The van der Waals surface area contributed by atoms with E-state index >= 15 is 0 Å². The van der Waals surface area contributed by atoms with Gasteiger partial charge in [-0.05, 0) is 35.4 Å². The summed E-state index contributed by atoms with van der Waals surface area (Å²) in [4.78, 5) is 12.4. The summed E-state index contributed by atoms with van der Waals surface area (Å²) in [7, 11) is -3.31. The van der Waals surface area contributed by atoms with Crippen LogP contribution >= 0.6 is 0 Å². The Morgan fingerprint density at radius 2 is 1.52 bits per heavy atom. The van der Waals surface area contributed by atoms with Gasteiger partial charge in [-0.25, -0.2) is 17.2 Å². The third-order valence-electron chi connectivity index (χ3n) is 4.42. The molecule has 1 amide bonds. The molecule has 0 heterocycles. The van der Waals surface area contributed by atoms with E-state index in [1.807, 2.05) is 0 Å². The number of rotatable bonds is 6. The van der Waals surface area contributed by atoms with Gasteiger partial charge < -0.3 is 5.32 Å². The number of hydrogen-bond donors (Lipinski definition) is 1. The molecule has 0 spiro atoms. The quantitative estimate of drug-likeness (QED) is 0.640. The number of nitrogens with one attached hydrogen (secondary N) is 1. The Labute approximate surface area is 168 Å². The molecule has 0 fully saturated rings. The second-order valence-electron chi connectivity index (χ2n) is 6.45. The lowest BCUT2D eigenvalue weighted by molar-refractivity contribution is -0.115. The van der Waals surface area contributed by atoms with E-state index in [-0.39, 0.29) is 28.3 Å². The van der Waals surface area contributed by atoms with Crippen molar-refractivity contribution in [1.29, 1.82) is 0 Å². The Morgan fingerprint density at radius 3 is 2.07 bits per heavy atom. The van der Waals surface area contributed by atoms with E-state index in [2.05, 4.69) is 5.32 Å². The number of benzene rings is 3. The van der Waals surface area contributed by atoms with Crippen LogP contribution in [-0.2, 0) is 21.1 Å². The normalized spacial score (nSPS) is 11.3. The average Bonchev–Trinajstić information content (AvgIpc) is 2.68. The SMILES string of the molecule is CCS(=O)(=O)c1ccc(CC(=O)Nc2cc(F)c(-c3ccccc3)c(F)c2)cc1. The maximum Gasteiger partial charge on any atom is 0.228 e. The standard InChI is InChI=1S/C22H19F2NO3S/c1-2-29(27,28)18-10-8-15(9-11-18)12-21(26)25-17-13-19(23)22(20(24)14-17)16-6-4-3-5-7-16/h3-11,13-14H,2,12H2,1H3,(H,25,26). The topological polar surface area (TPSA) is 63.2 Å². The molecular weight excluding hydrogens is 396 g/mol. The van der Waals surface area contributed by atoms with Crippen molar-refractivity contribution in [2.75, 3.05) is 11.1 Å². The summed E-state index contributed by atoms with van der Waals surface area (Å²) in [6.07, 6.45) is -0.0594. The van der Waals surface area contributed by atoms with Crippen LogP contribution in [0.15, 0.2) is 71.6 Å². The van der Waals surface area contributed by atoms with Crippen molar-refractivity contribution in [1.82, 2.24) is 0 Å². The average molecular weight is 415 g/mol. The maximum absolute atomic E-state index is 14.4. The maximum atomic E-state index is 14.4. The number of hydrogen-bond acceptors (Lipinski definition) is 3. The van der Waals surface area contributed by atoms with Crippen molar-refractivity contribution in [3.8, 4) is 11.1 Å². The Morgan fingerprint density at radius 1 is 0.931 bits per heavy atom. The van der Waals surface area contributed by atoms with Crippen molar-refractivity contribution < 1.29 is 22.0 Å². The van der Waals surface area contributed by atoms with Gasteiger partial charge in [0.2, 0.25) is 5.91 Å². The van der Waals surface area contributed by atoms with E-state index in [1.165, 1.54) is 12.1 Å². The van der Waals surface area contributed by atoms with Crippen molar-refractivity contribution >= 4 is 21.4 Å². The molecule has 3 aromatic rings. The lowest BCUT2D eigenvalue weighted by atomic mass is 10.0. The highest BCUT2D eigenvalue weighted by Gasteiger charge is 2.15. The molecule has 3 aromatic carbocycles. The molecule has 3 rings (SSSR count). The molecule has 29 heavy (non-hydrogen) atoms. The minimum absolute atomic E-state index is 0.00913. The van der Waals surface area contributed by atoms with Crippen molar-refractivity contribution in [3.63, 3.8) is 0 Å². The summed E-state index contributed by atoms with van der Waals surface area (Å²) < 4.78 is 52.5. The van der Waals surface area contributed by atoms with Crippen LogP contribution in [0.3, 0.4) is 0 Å². The van der Waals surface area contributed by atoms with Gasteiger partial charge in [0.25, 0.3) is 0 Å². The lowest BCUT2D eigenvalue weighted by Crippen LogP contribution is -2.15. The van der Waals surface area contributed by atoms with Gasteiger partial charge in [0.05, 0.1) is 22.6 Å². The Hall–Kier alpha value is -3.06. The van der Waals surface area contributed by atoms with Crippen LogP contribution in [0.5, 0.6) is 0 Å². The molecule has 0 aromatic heterocycles. The largest absolute Gasteiger partial charge is 0.326 e.